The second-order valence-electron chi connectivity index (χ2n) is 16.5. The molecule has 3 heterocycles. The van der Waals surface area contributed by atoms with E-state index in [0.717, 1.165) is 18.7 Å². The van der Waals surface area contributed by atoms with Gasteiger partial charge in [-0.3, -0.25) is 19.1 Å². The Morgan fingerprint density at radius 1 is 1.14 bits per heavy atom. The van der Waals surface area contributed by atoms with Crippen LogP contribution in [0, 0.1) is 11.7 Å². The first-order valence-electron chi connectivity index (χ1n) is 19.2. The minimum atomic E-state index is -4.10. The highest BCUT2D eigenvalue weighted by Gasteiger charge is 2.63. The third kappa shape index (κ3) is 8.56. The summed E-state index contributed by atoms with van der Waals surface area (Å²) in [5, 5.41) is 5.93. The van der Waals surface area contributed by atoms with Crippen LogP contribution >= 0.6 is 0 Å². The maximum absolute atomic E-state index is 14.9. The minimum absolute atomic E-state index is 0.0160. The molecule has 1 aromatic heterocycles. The molecule has 0 bridgehead atoms. The van der Waals surface area contributed by atoms with Gasteiger partial charge in [-0.05, 0) is 90.3 Å². The number of fused-ring (bicyclic) bond motifs is 3. The first kappa shape index (κ1) is 42.9. The summed E-state index contributed by atoms with van der Waals surface area (Å²) in [7, 11) is -2.78. The van der Waals surface area contributed by atoms with Crippen molar-refractivity contribution >= 4 is 44.6 Å². The number of nitrogens with one attached hydrogen (secondary N) is 3. The van der Waals surface area contributed by atoms with Crippen LogP contribution < -0.4 is 24.8 Å². The molecule has 0 unspecified atom stereocenters. The number of carbonyl (C=O) groups is 4. The Morgan fingerprint density at radius 2 is 1.84 bits per heavy atom. The molecule has 1 aromatic carbocycles. The molecule has 3 fully saturated rings. The van der Waals surface area contributed by atoms with Gasteiger partial charge in [-0.15, -0.1) is 0 Å². The Kier molecular flexibility index (Phi) is 11.5. The quantitative estimate of drug-likeness (QED) is 0.306. The van der Waals surface area contributed by atoms with E-state index in [4.69, 9.17) is 18.9 Å². The monoisotopic (exact) mass is 837 g/mol. The van der Waals surface area contributed by atoms with E-state index in [0.29, 0.717) is 38.0 Å². The second kappa shape index (κ2) is 15.5. The molecule has 1 saturated heterocycles. The summed E-state index contributed by atoms with van der Waals surface area (Å²) in [6.45, 7) is 7.08. The zero-order valence-corrected chi connectivity index (χ0v) is 34.2. The standard InChI is InChI=1S/C39H50F3N5O10S/c1-21-10-8-9-11-24-19-39(24,34(50)46-58(52,53)37(5)13-14-37)45-31(48)28-17-25(56-32-26-18-27(40)29(54-7)16-23(26)12-15-43-32)20-47(28)33(49)30(22(2)55-21)44-35(51)57-36(3,4)38(6,41)42/h9,11-12,15-16,18,21-22,24-25,28,30H,8,10,13-14,17,19-20H2,1-7H3,(H,44,51)(H,45,48)(H,46,50)/b11-9-/t21-,22+,24-,25-,28+,30+,39-/m1/s1. The van der Waals surface area contributed by atoms with Crippen molar-refractivity contribution < 1.29 is 59.7 Å². The maximum Gasteiger partial charge on any atom is 0.408 e. The summed E-state index contributed by atoms with van der Waals surface area (Å²) in [5.74, 6) is -7.40. The molecule has 2 aromatic rings. The molecule has 2 saturated carbocycles. The number of nitrogens with zero attached hydrogens (tertiary/aromatic N) is 2. The number of benzene rings is 1. The SMILES string of the molecule is COc1cc2ccnc(O[C@@H]3C[C@H]4C(=O)N[C@]5(C(=O)NS(=O)(=O)C6(C)CC6)C[C@H]5/C=C\CC[C@@H](C)O[C@@H](C)[C@H](NC(=O)OC(C)(C)C(C)(F)F)C(=O)N4C3)c2cc1F. The summed E-state index contributed by atoms with van der Waals surface area (Å²) in [6, 6.07) is 1.27. The van der Waals surface area contributed by atoms with Crippen LogP contribution in [-0.4, -0.2) is 108 Å². The van der Waals surface area contributed by atoms with Crippen molar-refractivity contribution in [1.29, 1.82) is 0 Å². The lowest BCUT2D eigenvalue weighted by Crippen LogP contribution is -2.60. The molecule has 4 amide bonds. The molecule has 15 nitrogen and oxygen atoms in total. The number of alkyl halides is 2. The minimum Gasteiger partial charge on any atom is -0.494 e. The molecule has 19 heteroatoms. The second-order valence-corrected chi connectivity index (χ2v) is 18.7. The largest absolute Gasteiger partial charge is 0.494 e. The number of halogens is 3. The number of sulfonamides is 1. The van der Waals surface area contributed by atoms with Crippen LogP contribution in [0.1, 0.15) is 80.1 Å². The zero-order valence-electron chi connectivity index (χ0n) is 33.4. The number of hydrogen-bond donors (Lipinski definition) is 3. The van der Waals surface area contributed by atoms with Crippen molar-refractivity contribution in [2.75, 3.05) is 13.7 Å². The van der Waals surface area contributed by atoms with Crippen molar-refractivity contribution in [3.63, 3.8) is 0 Å². The highest BCUT2D eigenvalue weighted by atomic mass is 32.2. The van der Waals surface area contributed by atoms with Crippen molar-refractivity contribution in [3.05, 3.63) is 42.4 Å². The lowest BCUT2D eigenvalue weighted by atomic mass is 10.0. The van der Waals surface area contributed by atoms with Gasteiger partial charge in [-0.25, -0.2) is 31.4 Å². The number of methoxy groups -OCH3 is 1. The van der Waals surface area contributed by atoms with Crippen molar-refractivity contribution in [2.24, 2.45) is 5.92 Å². The van der Waals surface area contributed by atoms with Gasteiger partial charge in [0.25, 0.3) is 11.8 Å². The van der Waals surface area contributed by atoms with Crippen LogP contribution in [0.25, 0.3) is 10.8 Å². The molecule has 318 valence electrons. The number of hydrogen-bond acceptors (Lipinski definition) is 11. The topological polar surface area (TPSA) is 192 Å². The third-order valence-electron chi connectivity index (χ3n) is 11.7. The number of rotatable bonds is 9. The summed E-state index contributed by atoms with van der Waals surface area (Å²) in [5.41, 5.74) is -3.96. The number of amides is 4. The van der Waals surface area contributed by atoms with Gasteiger partial charge >= 0.3 is 6.09 Å². The molecule has 6 rings (SSSR count). The predicted molar refractivity (Wildman–Crippen MR) is 203 cm³/mol. The molecule has 0 spiro atoms. The van der Waals surface area contributed by atoms with Gasteiger partial charge in [0.2, 0.25) is 27.7 Å². The lowest BCUT2D eigenvalue weighted by Gasteiger charge is -2.35. The van der Waals surface area contributed by atoms with E-state index in [9.17, 15) is 40.8 Å². The highest BCUT2D eigenvalue weighted by molar-refractivity contribution is 7.91. The van der Waals surface area contributed by atoms with E-state index in [-0.39, 0.29) is 36.4 Å². The van der Waals surface area contributed by atoms with Crippen LogP contribution in [0.4, 0.5) is 18.0 Å². The van der Waals surface area contributed by atoms with E-state index in [1.165, 1.54) is 39.3 Å². The fourth-order valence-electron chi connectivity index (χ4n) is 7.14. The molecule has 2 aliphatic carbocycles. The molecular weight excluding hydrogens is 788 g/mol. The number of carbonyl (C=O) groups excluding carboxylic acids is 4. The number of ether oxygens (including phenoxy) is 4. The van der Waals surface area contributed by atoms with Gasteiger partial charge in [0.1, 0.15) is 23.7 Å². The summed E-state index contributed by atoms with van der Waals surface area (Å²) < 4.78 is 93.6. The van der Waals surface area contributed by atoms with E-state index >= 15 is 0 Å². The van der Waals surface area contributed by atoms with Gasteiger partial charge in [0, 0.05) is 30.8 Å². The smallest absolute Gasteiger partial charge is 0.408 e. The van der Waals surface area contributed by atoms with Gasteiger partial charge < -0.3 is 34.5 Å². The van der Waals surface area contributed by atoms with Gasteiger partial charge in [-0.2, -0.15) is 0 Å². The molecule has 2 aliphatic heterocycles. The lowest BCUT2D eigenvalue weighted by molar-refractivity contribution is -0.153. The number of pyridine rings is 1. The number of allylic oxidation sites excluding steroid dienone is 1. The highest BCUT2D eigenvalue weighted by Crippen LogP contribution is 2.47. The fraction of sp³-hybridized carbons (Fsp3) is 0.615. The molecule has 0 radical (unpaired) electrons. The molecular formula is C39H50F3N5O10S. The third-order valence-corrected chi connectivity index (χ3v) is 13.9. The van der Waals surface area contributed by atoms with E-state index in [2.05, 4.69) is 20.3 Å². The van der Waals surface area contributed by atoms with Crippen LogP contribution in [-0.2, 0) is 33.9 Å². The van der Waals surface area contributed by atoms with Crippen molar-refractivity contribution in [2.45, 2.75) is 132 Å². The first-order chi connectivity index (χ1) is 27.0. The average Bonchev–Trinajstić information content (AvgIpc) is 4.01. The summed E-state index contributed by atoms with van der Waals surface area (Å²) >= 11 is 0. The fourth-order valence-corrected chi connectivity index (χ4v) is 8.45. The van der Waals surface area contributed by atoms with Crippen molar-refractivity contribution in [3.8, 4) is 11.6 Å². The van der Waals surface area contributed by atoms with E-state index in [1.54, 1.807) is 25.1 Å². The normalized spacial score (nSPS) is 29.4. The molecule has 4 aliphatic rings. The van der Waals surface area contributed by atoms with Gasteiger partial charge in [-0.1, -0.05) is 12.2 Å². The van der Waals surface area contributed by atoms with E-state index in [1.807, 2.05) is 0 Å². The van der Waals surface area contributed by atoms with Crippen LogP contribution in [0.5, 0.6) is 11.6 Å². The molecule has 3 N–H and O–H groups in total. The van der Waals surface area contributed by atoms with E-state index < -0.39 is 97.8 Å². The maximum atomic E-state index is 14.9. The van der Waals surface area contributed by atoms with Crippen LogP contribution in [0.2, 0.25) is 0 Å². The predicted octanol–water partition coefficient (Wildman–Crippen LogP) is 4.28. The summed E-state index contributed by atoms with van der Waals surface area (Å²) in [4.78, 5) is 61.7. The number of alkyl carbamates (subject to hydrolysis) is 1. The Labute approximate surface area is 334 Å². The van der Waals surface area contributed by atoms with Crippen LogP contribution in [0.3, 0.4) is 0 Å². The zero-order chi connectivity index (χ0) is 42.6. The molecule has 58 heavy (non-hydrogen) atoms. The van der Waals surface area contributed by atoms with Crippen molar-refractivity contribution in [1.82, 2.24) is 25.2 Å². The average molecular weight is 838 g/mol. The first-order valence-corrected chi connectivity index (χ1v) is 20.7. The Balaban J connectivity index is 1.36. The Bertz CT molecular complexity index is 2110. The van der Waals surface area contributed by atoms with Gasteiger partial charge in [0.05, 0.1) is 30.6 Å². The Hall–Kier alpha value is -4.65. The molecule has 7 atom stereocenters. The number of aromatic nitrogens is 1. The summed E-state index contributed by atoms with van der Waals surface area (Å²) in [6.07, 6.45) is 2.49. The van der Waals surface area contributed by atoms with Crippen LogP contribution in [0.15, 0.2) is 36.5 Å². The Morgan fingerprint density at radius 3 is 2.50 bits per heavy atom. The van der Waals surface area contributed by atoms with Gasteiger partial charge in [0.15, 0.2) is 17.2 Å².